The molecule has 3 N–H and O–H groups in total. The van der Waals surface area contributed by atoms with Crippen LogP contribution in [0.25, 0.3) is 0 Å². The van der Waals surface area contributed by atoms with Crippen LogP contribution in [0.5, 0.6) is 0 Å². The molecule has 0 aromatic heterocycles. The van der Waals surface area contributed by atoms with Crippen molar-refractivity contribution in [2.24, 2.45) is 46.3 Å². The third kappa shape index (κ3) is 4.94. The predicted octanol–water partition coefficient (Wildman–Crippen LogP) is 3.05. The summed E-state index contributed by atoms with van der Waals surface area (Å²) in [6, 6.07) is 0. The standard InChI is InChI=1S/C26H45NO6S/c1-16(4-7-23(30)27-12-13-34(31,32)33)19-5-6-20-24-21(9-11-26(19,20)3)25(2)10-8-18(28)14-17(25)15-22(24)29/h16-22,24,28-29H,4-15H2,1-3H3,(H,27,30)(H,31,32,33)/p-1/t16-,17?,18-,19-,20?,21?,22+,24?,25+,26-/m1/s1. The van der Waals surface area contributed by atoms with Crippen molar-refractivity contribution in [2.45, 2.75) is 97.2 Å². The molecule has 0 bridgehead atoms. The van der Waals surface area contributed by atoms with Crippen molar-refractivity contribution in [2.75, 3.05) is 12.3 Å². The van der Waals surface area contributed by atoms with Crippen LogP contribution >= 0.6 is 0 Å². The normalized spacial score (nSPS) is 45.1. The van der Waals surface area contributed by atoms with Crippen LogP contribution < -0.4 is 5.32 Å². The molecule has 1 amide bonds. The summed E-state index contributed by atoms with van der Waals surface area (Å²) in [5, 5.41) is 24.2. The maximum atomic E-state index is 12.2. The molecular weight excluding hydrogens is 454 g/mol. The lowest BCUT2D eigenvalue weighted by atomic mass is 9.43. The van der Waals surface area contributed by atoms with E-state index >= 15 is 0 Å². The first-order chi connectivity index (χ1) is 15.8. The zero-order chi connectivity index (χ0) is 24.9. The molecule has 0 saturated heterocycles. The molecule has 0 aromatic rings. The second-order valence-corrected chi connectivity index (χ2v) is 14.1. The molecule has 0 radical (unpaired) electrons. The lowest BCUT2D eigenvalue weighted by molar-refractivity contribution is -0.174. The highest BCUT2D eigenvalue weighted by molar-refractivity contribution is 7.85. The number of amides is 1. The summed E-state index contributed by atoms with van der Waals surface area (Å²) in [6.45, 7) is 6.96. The van der Waals surface area contributed by atoms with Crippen LogP contribution in [0.15, 0.2) is 0 Å². The Morgan fingerprint density at radius 1 is 1.06 bits per heavy atom. The average molecular weight is 499 g/mol. The minimum atomic E-state index is -4.31. The lowest BCUT2D eigenvalue weighted by Gasteiger charge is -2.62. The molecule has 196 valence electrons. The van der Waals surface area contributed by atoms with E-state index in [9.17, 15) is 28.0 Å². The molecule has 8 heteroatoms. The molecule has 4 fully saturated rings. The fourth-order valence-electron chi connectivity index (χ4n) is 9.14. The van der Waals surface area contributed by atoms with Crippen molar-refractivity contribution in [3.8, 4) is 0 Å². The van der Waals surface area contributed by atoms with E-state index in [1.165, 1.54) is 6.42 Å². The predicted molar refractivity (Wildman–Crippen MR) is 129 cm³/mol. The Kier molecular flexibility index (Phi) is 7.47. The summed E-state index contributed by atoms with van der Waals surface area (Å²) in [5.74, 6) is 1.92. The van der Waals surface area contributed by atoms with Crippen molar-refractivity contribution >= 4 is 16.0 Å². The number of nitrogens with one attached hydrogen (secondary N) is 1. The van der Waals surface area contributed by atoms with Gasteiger partial charge in [0.2, 0.25) is 5.91 Å². The Balaban J connectivity index is 1.39. The summed E-state index contributed by atoms with van der Waals surface area (Å²) < 4.78 is 32.2. The van der Waals surface area contributed by atoms with Crippen molar-refractivity contribution < 1.29 is 28.0 Å². The first-order valence-corrected chi connectivity index (χ1v) is 15.0. The van der Waals surface area contributed by atoms with E-state index in [-0.39, 0.29) is 35.5 Å². The summed E-state index contributed by atoms with van der Waals surface area (Å²) >= 11 is 0. The number of fused-ring (bicyclic) bond motifs is 5. The molecule has 0 spiro atoms. The highest BCUT2D eigenvalue weighted by atomic mass is 32.2. The Morgan fingerprint density at radius 3 is 2.44 bits per heavy atom. The molecule has 0 aromatic carbocycles. The summed E-state index contributed by atoms with van der Waals surface area (Å²) in [6.07, 6.45) is 8.78. The number of aliphatic hydroxyl groups excluding tert-OH is 2. The number of carbonyl (C=O) groups excluding carboxylic acids is 1. The van der Waals surface area contributed by atoms with Crippen LogP contribution in [-0.4, -0.2) is 53.6 Å². The molecule has 4 saturated carbocycles. The Bertz CT molecular complexity index is 863. The highest BCUT2D eigenvalue weighted by Gasteiger charge is 2.62. The second-order valence-electron chi connectivity index (χ2n) is 12.6. The molecule has 4 unspecified atom stereocenters. The van der Waals surface area contributed by atoms with Gasteiger partial charge in [-0.05, 0) is 104 Å². The molecule has 34 heavy (non-hydrogen) atoms. The van der Waals surface area contributed by atoms with Gasteiger partial charge in [0.25, 0.3) is 0 Å². The van der Waals surface area contributed by atoms with Crippen LogP contribution in [0.1, 0.15) is 85.0 Å². The Morgan fingerprint density at radius 2 is 1.74 bits per heavy atom. The van der Waals surface area contributed by atoms with Gasteiger partial charge in [-0.1, -0.05) is 20.8 Å². The van der Waals surface area contributed by atoms with Gasteiger partial charge in [-0.15, -0.1) is 0 Å². The maximum Gasteiger partial charge on any atom is 0.220 e. The number of carbonyl (C=O) groups is 1. The van der Waals surface area contributed by atoms with Crippen LogP contribution in [-0.2, 0) is 14.9 Å². The minimum Gasteiger partial charge on any atom is -0.748 e. The first kappa shape index (κ1) is 26.4. The van der Waals surface area contributed by atoms with Gasteiger partial charge in [-0.3, -0.25) is 4.79 Å². The number of rotatable bonds is 7. The summed E-state index contributed by atoms with van der Waals surface area (Å²) in [7, 11) is -4.31. The highest BCUT2D eigenvalue weighted by Crippen LogP contribution is 2.68. The third-order valence-electron chi connectivity index (χ3n) is 10.9. The van der Waals surface area contributed by atoms with E-state index in [1.807, 2.05) is 0 Å². The van der Waals surface area contributed by atoms with Gasteiger partial charge >= 0.3 is 0 Å². The van der Waals surface area contributed by atoms with Gasteiger partial charge in [0.15, 0.2) is 0 Å². The largest absolute Gasteiger partial charge is 0.748 e. The van der Waals surface area contributed by atoms with Gasteiger partial charge in [0.05, 0.1) is 28.1 Å². The van der Waals surface area contributed by atoms with Crippen molar-refractivity contribution in [1.82, 2.24) is 5.32 Å². The van der Waals surface area contributed by atoms with E-state index < -0.39 is 15.9 Å². The average Bonchev–Trinajstić information content (AvgIpc) is 3.09. The van der Waals surface area contributed by atoms with E-state index in [1.54, 1.807) is 0 Å². The molecule has 0 aliphatic heterocycles. The number of aliphatic hydroxyl groups is 2. The van der Waals surface area contributed by atoms with E-state index in [4.69, 9.17) is 0 Å². The second kappa shape index (κ2) is 9.64. The molecular formula is C26H44NO6S-. The molecule has 0 heterocycles. The Labute approximate surface area is 205 Å². The van der Waals surface area contributed by atoms with Gasteiger partial charge in [-0.2, -0.15) is 0 Å². The minimum absolute atomic E-state index is 0.125. The molecule has 4 rings (SSSR count). The van der Waals surface area contributed by atoms with E-state index in [0.29, 0.717) is 41.9 Å². The van der Waals surface area contributed by atoms with Gasteiger partial charge < -0.3 is 20.1 Å². The SMILES string of the molecule is C[C@H](CCC(=O)NCCS(=O)(=O)[O-])[C@H]1CCC2C3C(CC[C@@]21C)[C@@]1(C)CC[C@@H](O)CC1C[C@@H]3O. The molecule has 7 nitrogen and oxygen atoms in total. The van der Waals surface area contributed by atoms with Gasteiger partial charge in [-0.25, -0.2) is 8.42 Å². The van der Waals surface area contributed by atoms with Gasteiger partial charge in [0.1, 0.15) is 0 Å². The zero-order valence-electron chi connectivity index (χ0n) is 21.0. The quantitative estimate of drug-likeness (QED) is 0.463. The fourth-order valence-corrected chi connectivity index (χ4v) is 9.49. The van der Waals surface area contributed by atoms with Crippen LogP contribution in [0.4, 0.5) is 0 Å². The third-order valence-corrected chi connectivity index (χ3v) is 11.6. The van der Waals surface area contributed by atoms with Crippen LogP contribution in [0, 0.1) is 46.3 Å². The fraction of sp³-hybridized carbons (Fsp3) is 0.962. The van der Waals surface area contributed by atoms with E-state index in [2.05, 4.69) is 26.1 Å². The molecule has 4 aliphatic rings. The van der Waals surface area contributed by atoms with Crippen LogP contribution in [0.2, 0.25) is 0 Å². The zero-order valence-corrected chi connectivity index (χ0v) is 21.9. The molecule has 4 aliphatic carbocycles. The Hall–Kier alpha value is -0.700. The monoisotopic (exact) mass is 498 g/mol. The summed E-state index contributed by atoms with van der Waals surface area (Å²) in [4.78, 5) is 12.2. The van der Waals surface area contributed by atoms with Gasteiger partial charge in [0, 0.05) is 13.0 Å². The van der Waals surface area contributed by atoms with Crippen molar-refractivity contribution in [1.29, 1.82) is 0 Å². The molecule has 10 atom stereocenters. The number of hydrogen-bond donors (Lipinski definition) is 3. The van der Waals surface area contributed by atoms with Crippen molar-refractivity contribution in [3.05, 3.63) is 0 Å². The lowest BCUT2D eigenvalue weighted by Crippen LogP contribution is -2.58. The van der Waals surface area contributed by atoms with Crippen molar-refractivity contribution in [3.63, 3.8) is 0 Å². The van der Waals surface area contributed by atoms with Crippen LogP contribution in [0.3, 0.4) is 0 Å². The number of hydrogen-bond acceptors (Lipinski definition) is 6. The van der Waals surface area contributed by atoms with E-state index in [0.717, 1.165) is 51.4 Å². The topological polar surface area (TPSA) is 127 Å². The smallest absolute Gasteiger partial charge is 0.220 e. The summed E-state index contributed by atoms with van der Waals surface area (Å²) in [5.41, 5.74) is 0.399. The maximum absolute atomic E-state index is 12.2. The first-order valence-electron chi connectivity index (χ1n) is 13.4.